The first kappa shape index (κ1) is 23.2. The molecule has 1 N–H and O–H groups in total. The lowest BCUT2D eigenvalue weighted by Gasteiger charge is -2.48. The molecule has 1 amide bonds. The zero-order valence-corrected chi connectivity index (χ0v) is 19.7. The Labute approximate surface area is 170 Å². The SMILES string of the molecule is CC(C)(C)CC1(CC(C)(C)C)CCN(C(=O)CCCCCNI)CC1. The zero-order valence-electron chi connectivity index (χ0n) is 17.5. The molecule has 1 rings (SSSR count). The molecule has 0 saturated carbocycles. The minimum Gasteiger partial charge on any atom is -0.343 e. The second kappa shape index (κ2) is 9.91. The van der Waals surface area contributed by atoms with Crippen LogP contribution in [-0.2, 0) is 4.79 Å². The molecular formula is C21H41IN2O. The molecule has 0 aromatic rings. The fourth-order valence-corrected chi connectivity index (χ4v) is 5.08. The number of piperidine rings is 1. The van der Waals surface area contributed by atoms with Crippen LogP contribution in [0.25, 0.3) is 0 Å². The molecule has 4 heteroatoms. The van der Waals surface area contributed by atoms with Crippen LogP contribution in [0.4, 0.5) is 0 Å². The average molecular weight is 464 g/mol. The Bertz CT molecular complexity index is 383. The predicted octanol–water partition coefficient (Wildman–Crippen LogP) is 5.97. The molecule has 0 aromatic carbocycles. The number of likely N-dealkylation sites (tertiary alicyclic amines) is 1. The van der Waals surface area contributed by atoms with Crippen LogP contribution in [0.1, 0.15) is 92.9 Å². The van der Waals surface area contributed by atoms with Crippen LogP contribution >= 0.6 is 22.9 Å². The maximum atomic E-state index is 12.5. The lowest BCUT2D eigenvalue weighted by molar-refractivity contribution is -0.134. The summed E-state index contributed by atoms with van der Waals surface area (Å²) in [5.74, 6) is 0.377. The third-order valence-electron chi connectivity index (χ3n) is 5.15. The first-order valence-electron chi connectivity index (χ1n) is 10.1. The fourth-order valence-electron chi connectivity index (χ4n) is 4.70. The zero-order chi connectivity index (χ0) is 19.1. The number of rotatable bonds is 8. The van der Waals surface area contributed by atoms with Gasteiger partial charge in [-0.1, -0.05) is 48.0 Å². The van der Waals surface area contributed by atoms with Gasteiger partial charge in [0.05, 0.1) is 0 Å². The van der Waals surface area contributed by atoms with Gasteiger partial charge in [0, 0.05) is 48.9 Å². The fraction of sp³-hybridized carbons (Fsp3) is 0.952. The summed E-state index contributed by atoms with van der Waals surface area (Å²) in [5, 5.41) is 0. The summed E-state index contributed by atoms with van der Waals surface area (Å²) in [7, 11) is 0. The molecule has 0 aromatic heterocycles. The summed E-state index contributed by atoms with van der Waals surface area (Å²) in [6.45, 7) is 17.1. The Morgan fingerprint density at radius 2 is 1.48 bits per heavy atom. The third kappa shape index (κ3) is 9.60. The number of unbranched alkanes of at least 4 members (excludes halogenated alkanes) is 2. The largest absolute Gasteiger partial charge is 0.343 e. The van der Waals surface area contributed by atoms with Crippen molar-refractivity contribution >= 4 is 28.8 Å². The van der Waals surface area contributed by atoms with Gasteiger partial charge in [0.2, 0.25) is 5.91 Å². The molecule has 0 spiro atoms. The van der Waals surface area contributed by atoms with Crippen LogP contribution in [0.3, 0.4) is 0 Å². The van der Waals surface area contributed by atoms with E-state index in [2.05, 4.69) is 72.8 Å². The van der Waals surface area contributed by atoms with Crippen molar-refractivity contribution in [3.05, 3.63) is 0 Å². The van der Waals surface area contributed by atoms with E-state index in [1.807, 2.05) is 0 Å². The third-order valence-corrected chi connectivity index (χ3v) is 5.69. The standard InChI is InChI=1S/C21H41IN2O/c1-19(2,3)16-21(17-20(4,5)6)11-14-24(15-12-21)18(25)10-8-7-9-13-23-22/h23H,7-17H2,1-6H3. The van der Waals surface area contributed by atoms with Crippen LogP contribution in [0.15, 0.2) is 0 Å². The summed E-state index contributed by atoms with van der Waals surface area (Å²) >= 11 is 2.18. The lowest BCUT2D eigenvalue weighted by atomic mass is 9.62. The van der Waals surface area contributed by atoms with Crippen LogP contribution in [0.5, 0.6) is 0 Å². The number of halogens is 1. The second-order valence-electron chi connectivity index (χ2n) is 10.5. The molecule has 0 radical (unpaired) electrons. The van der Waals surface area contributed by atoms with Crippen molar-refractivity contribution in [1.82, 2.24) is 8.43 Å². The summed E-state index contributed by atoms with van der Waals surface area (Å²) in [6.07, 6.45) is 8.95. The van der Waals surface area contributed by atoms with E-state index in [4.69, 9.17) is 0 Å². The lowest BCUT2D eigenvalue weighted by Crippen LogP contribution is -2.45. The Morgan fingerprint density at radius 1 is 0.960 bits per heavy atom. The molecule has 0 unspecified atom stereocenters. The maximum Gasteiger partial charge on any atom is 0.222 e. The number of hydrogen-bond acceptors (Lipinski definition) is 2. The summed E-state index contributed by atoms with van der Waals surface area (Å²) in [4.78, 5) is 14.7. The Morgan fingerprint density at radius 3 is 1.92 bits per heavy atom. The van der Waals surface area contributed by atoms with Crippen molar-refractivity contribution in [3.8, 4) is 0 Å². The summed E-state index contributed by atoms with van der Waals surface area (Å²) in [6, 6.07) is 0. The van der Waals surface area contributed by atoms with Gasteiger partial charge in [0.1, 0.15) is 0 Å². The average Bonchev–Trinajstić information content (AvgIpc) is 2.43. The molecular weight excluding hydrogens is 423 g/mol. The normalized spacial score (nSPS) is 18.4. The van der Waals surface area contributed by atoms with Crippen LogP contribution in [0, 0.1) is 16.2 Å². The summed E-state index contributed by atoms with van der Waals surface area (Å²) in [5.41, 5.74) is 1.10. The topological polar surface area (TPSA) is 32.3 Å². The molecule has 0 bridgehead atoms. The van der Waals surface area contributed by atoms with Crippen LogP contribution < -0.4 is 3.53 Å². The van der Waals surface area contributed by atoms with Gasteiger partial charge in [-0.05, 0) is 54.8 Å². The van der Waals surface area contributed by atoms with Gasteiger partial charge in [-0.3, -0.25) is 8.32 Å². The van der Waals surface area contributed by atoms with Gasteiger partial charge in [-0.15, -0.1) is 0 Å². The highest BCUT2D eigenvalue weighted by atomic mass is 127. The van der Waals surface area contributed by atoms with E-state index in [0.29, 0.717) is 22.2 Å². The van der Waals surface area contributed by atoms with Gasteiger partial charge < -0.3 is 4.90 Å². The molecule has 0 aliphatic carbocycles. The number of carbonyl (C=O) groups excluding carboxylic acids is 1. The highest BCUT2D eigenvalue weighted by Gasteiger charge is 2.40. The van der Waals surface area contributed by atoms with E-state index in [1.165, 1.54) is 25.7 Å². The molecule has 1 fully saturated rings. The Balaban J connectivity index is 2.55. The molecule has 3 nitrogen and oxygen atoms in total. The Kier molecular flexibility index (Phi) is 9.20. The number of nitrogens with zero attached hydrogens (tertiary/aromatic N) is 1. The van der Waals surface area contributed by atoms with E-state index in [0.717, 1.165) is 45.3 Å². The van der Waals surface area contributed by atoms with Gasteiger partial charge in [0.15, 0.2) is 0 Å². The number of hydrogen-bond donors (Lipinski definition) is 1. The van der Waals surface area contributed by atoms with E-state index in [9.17, 15) is 4.79 Å². The van der Waals surface area contributed by atoms with E-state index < -0.39 is 0 Å². The number of amides is 1. The van der Waals surface area contributed by atoms with Crippen molar-refractivity contribution in [2.75, 3.05) is 19.6 Å². The van der Waals surface area contributed by atoms with Crippen molar-refractivity contribution < 1.29 is 4.79 Å². The van der Waals surface area contributed by atoms with Gasteiger partial charge in [0.25, 0.3) is 0 Å². The quantitative estimate of drug-likeness (QED) is 0.273. The molecule has 1 heterocycles. The monoisotopic (exact) mass is 464 g/mol. The molecule has 25 heavy (non-hydrogen) atoms. The Hall–Kier alpha value is 0.160. The molecule has 1 saturated heterocycles. The smallest absolute Gasteiger partial charge is 0.222 e. The van der Waals surface area contributed by atoms with E-state index in [1.54, 1.807) is 0 Å². The van der Waals surface area contributed by atoms with Crippen LogP contribution in [0.2, 0.25) is 0 Å². The minimum absolute atomic E-state index is 0.351. The minimum atomic E-state index is 0.351. The van der Waals surface area contributed by atoms with Crippen molar-refractivity contribution in [2.45, 2.75) is 92.9 Å². The first-order valence-corrected chi connectivity index (χ1v) is 11.2. The highest BCUT2D eigenvalue weighted by molar-refractivity contribution is 14.1. The molecule has 0 atom stereocenters. The molecule has 1 aliphatic heterocycles. The number of nitrogens with one attached hydrogen (secondary N) is 1. The van der Waals surface area contributed by atoms with Crippen LogP contribution in [-0.4, -0.2) is 30.4 Å². The van der Waals surface area contributed by atoms with Crippen molar-refractivity contribution in [1.29, 1.82) is 0 Å². The van der Waals surface area contributed by atoms with Crippen molar-refractivity contribution in [3.63, 3.8) is 0 Å². The van der Waals surface area contributed by atoms with E-state index in [-0.39, 0.29) is 0 Å². The molecule has 148 valence electrons. The van der Waals surface area contributed by atoms with Gasteiger partial charge >= 0.3 is 0 Å². The second-order valence-corrected chi connectivity index (χ2v) is 11.3. The molecule has 1 aliphatic rings. The van der Waals surface area contributed by atoms with Crippen molar-refractivity contribution in [2.24, 2.45) is 16.2 Å². The predicted molar refractivity (Wildman–Crippen MR) is 117 cm³/mol. The number of carbonyl (C=O) groups is 1. The van der Waals surface area contributed by atoms with Gasteiger partial charge in [-0.2, -0.15) is 0 Å². The van der Waals surface area contributed by atoms with Gasteiger partial charge in [-0.25, -0.2) is 0 Å². The highest BCUT2D eigenvalue weighted by Crippen LogP contribution is 2.48. The first-order chi connectivity index (χ1) is 11.5. The van der Waals surface area contributed by atoms with E-state index >= 15 is 0 Å². The maximum absolute atomic E-state index is 12.5. The summed E-state index contributed by atoms with van der Waals surface area (Å²) < 4.78 is 3.14.